The zero-order valence-electron chi connectivity index (χ0n) is 16.0. The molecule has 0 N–H and O–H groups in total. The van der Waals surface area contributed by atoms with E-state index < -0.39 is 16.1 Å². The minimum atomic E-state index is -3.58. The molecule has 0 aliphatic heterocycles. The lowest BCUT2D eigenvalue weighted by molar-refractivity contribution is -0.145. The maximum atomic E-state index is 12.5. The number of rotatable bonds is 12. The fourth-order valence-electron chi connectivity index (χ4n) is 2.34. The summed E-state index contributed by atoms with van der Waals surface area (Å²) >= 11 is 0. The summed E-state index contributed by atoms with van der Waals surface area (Å²) in [5.41, 5.74) is 0.817. The van der Waals surface area contributed by atoms with Crippen molar-refractivity contribution in [2.75, 3.05) is 33.1 Å². The van der Waals surface area contributed by atoms with Crippen molar-refractivity contribution in [2.45, 2.75) is 32.7 Å². The van der Waals surface area contributed by atoms with Crippen LogP contribution in [-0.4, -0.2) is 58.3 Å². The quantitative estimate of drug-likeness (QED) is 0.299. The van der Waals surface area contributed by atoms with Crippen LogP contribution >= 0.6 is 0 Å². The van der Waals surface area contributed by atoms with E-state index in [1.807, 2.05) is 0 Å². The molecule has 0 aliphatic carbocycles. The zero-order chi connectivity index (χ0) is 20.3. The Kier molecular flexibility index (Phi) is 9.81. The molecule has 0 aromatic heterocycles. The number of methoxy groups -OCH3 is 1. The number of benzene rings is 1. The Morgan fingerprint density at radius 2 is 1.78 bits per heavy atom. The van der Waals surface area contributed by atoms with Crippen molar-refractivity contribution in [3.8, 4) is 5.75 Å². The fraction of sp³-hybridized carbons (Fsp3) is 0.556. The van der Waals surface area contributed by atoms with Gasteiger partial charge in [-0.2, -0.15) is 8.42 Å². The van der Waals surface area contributed by atoms with Crippen LogP contribution in [0.25, 0.3) is 0 Å². The van der Waals surface area contributed by atoms with Gasteiger partial charge in [-0.25, -0.2) is 0 Å². The van der Waals surface area contributed by atoms with Gasteiger partial charge >= 0.3 is 16.1 Å². The summed E-state index contributed by atoms with van der Waals surface area (Å²) in [6.07, 6.45) is 1.74. The summed E-state index contributed by atoms with van der Waals surface area (Å²) in [6, 6.07) is 6.46. The Balaban J connectivity index is 2.72. The smallest absolute Gasteiger partial charge is 0.306 e. The predicted octanol–water partition coefficient (Wildman–Crippen LogP) is 1.73. The van der Waals surface area contributed by atoms with Gasteiger partial charge in [-0.1, -0.05) is 12.1 Å². The minimum absolute atomic E-state index is 0.0363. The van der Waals surface area contributed by atoms with Crippen molar-refractivity contribution in [3.63, 3.8) is 0 Å². The third-order valence-corrected chi connectivity index (χ3v) is 4.02. The van der Waals surface area contributed by atoms with E-state index in [4.69, 9.17) is 13.7 Å². The van der Waals surface area contributed by atoms with Crippen molar-refractivity contribution >= 4 is 22.0 Å². The SMILES string of the molecule is CCOC(=O)CCC(=O)N(CCCOC)Cc1ccc(OS(C)(=O)=O)cc1. The molecule has 0 bridgehead atoms. The van der Waals surface area contributed by atoms with E-state index in [0.717, 1.165) is 11.8 Å². The molecule has 1 amide bonds. The highest BCUT2D eigenvalue weighted by Crippen LogP contribution is 2.16. The highest BCUT2D eigenvalue weighted by Gasteiger charge is 2.16. The van der Waals surface area contributed by atoms with Gasteiger partial charge < -0.3 is 18.6 Å². The molecule has 0 radical (unpaired) electrons. The molecule has 1 aromatic rings. The van der Waals surface area contributed by atoms with Gasteiger partial charge in [0.1, 0.15) is 5.75 Å². The Hall–Kier alpha value is -2.13. The van der Waals surface area contributed by atoms with Crippen LogP contribution in [0.1, 0.15) is 31.7 Å². The van der Waals surface area contributed by atoms with E-state index in [2.05, 4.69) is 0 Å². The van der Waals surface area contributed by atoms with Gasteiger partial charge in [-0.3, -0.25) is 9.59 Å². The van der Waals surface area contributed by atoms with E-state index in [0.29, 0.717) is 26.1 Å². The summed E-state index contributed by atoms with van der Waals surface area (Å²) in [6.45, 7) is 3.34. The standard InChI is InChI=1S/C18H27NO7S/c1-4-25-18(21)11-10-17(20)19(12-5-13-24-2)14-15-6-8-16(9-7-15)26-27(3,22)23/h6-9H,4-5,10-14H2,1-3H3. The average Bonchev–Trinajstić information content (AvgIpc) is 2.59. The third-order valence-electron chi connectivity index (χ3n) is 3.52. The first-order valence-electron chi connectivity index (χ1n) is 8.66. The first-order chi connectivity index (χ1) is 12.7. The number of carbonyl (C=O) groups is 2. The molecule has 0 saturated carbocycles. The molecule has 152 valence electrons. The molecule has 0 aliphatic rings. The first kappa shape index (κ1) is 22.9. The van der Waals surface area contributed by atoms with Gasteiger partial charge in [0.2, 0.25) is 5.91 Å². The molecule has 8 nitrogen and oxygen atoms in total. The number of hydrogen-bond donors (Lipinski definition) is 0. The zero-order valence-corrected chi connectivity index (χ0v) is 16.8. The number of hydrogen-bond acceptors (Lipinski definition) is 7. The Bertz CT molecular complexity index is 701. The van der Waals surface area contributed by atoms with E-state index in [-0.39, 0.29) is 31.1 Å². The van der Waals surface area contributed by atoms with Crippen molar-refractivity contribution in [2.24, 2.45) is 0 Å². The average molecular weight is 401 g/mol. The summed E-state index contributed by atoms with van der Waals surface area (Å²) in [5, 5.41) is 0. The van der Waals surface area contributed by atoms with Gasteiger partial charge in [0.25, 0.3) is 0 Å². The number of nitrogens with zero attached hydrogens (tertiary/aromatic N) is 1. The lowest BCUT2D eigenvalue weighted by atomic mass is 10.2. The second-order valence-corrected chi connectivity index (χ2v) is 7.47. The van der Waals surface area contributed by atoms with Gasteiger partial charge in [0, 0.05) is 33.2 Å². The molecular weight excluding hydrogens is 374 g/mol. The molecule has 1 rings (SSSR count). The number of carbonyl (C=O) groups excluding carboxylic acids is 2. The maximum absolute atomic E-state index is 12.5. The number of amides is 1. The summed E-state index contributed by atoms with van der Waals surface area (Å²) in [4.78, 5) is 25.6. The fourth-order valence-corrected chi connectivity index (χ4v) is 2.80. The van der Waals surface area contributed by atoms with Crippen LogP contribution in [0.3, 0.4) is 0 Å². The van der Waals surface area contributed by atoms with Gasteiger partial charge in [0.15, 0.2) is 0 Å². The van der Waals surface area contributed by atoms with E-state index in [1.54, 1.807) is 31.1 Å². The molecule has 9 heteroatoms. The van der Waals surface area contributed by atoms with Crippen LogP contribution < -0.4 is 4.18 Å². The van der Waals surface area contributed by atoms with Gasteiger partial charge in [-0.15, -0.1) is 0 Å². The molecule has 0 heterocycles. The van der Waals surface area contributed by atoms with Gasteiger partial charge in [-0.05, 0) is 31.0 Å². The lowest BCUT2D eigenvalue weighted by Gasteiger charge is -2.23. The second kappa shape index (κ2) is 11.6. The summed E-state index contributed by atoms with van der Waals surface area (Å²) < 4.78 is 37.0. The molecule has 0 atom stereocenters. The molecule has 0 spiro atoms. The summed E-state index contributed by atoms with van der Waals surface area (Å²) in [7, 11) is -1.99. The molecule has 1 aromatic carbocycles. The van der Waals surface area contributed by atoms with Crippen LogP contribution in [0.4, 0.5) is 0 Å². The molecule has 27 heavy (non-hydrogen) atoms. The van der Waals surface area contributed by atoms with Crippen molar-refractivity contribution in [3.05, 3.63) is 29.8 Å². The third kappa shape index (κ3) is 9.95. The van der Waals surface area contributed by atoms with Crippen LogP contribution in [0.15, 0.2) is 24.3 Å². The number of ether oxygens (including phenoxy) is 2. The Labute approximate surface area is 160 Å². The largest absolute Gasteiger partial charge is 0.466 e. The van der Waals surface area contributed by atoms with Crippen LogP contribution in [0, 0.1) is 0 Å². The van der Waals surface area contributed by atoms with Crippen molar-refractivity contribution in [1.29, 1.82) is 0 Å². The van der Waals surface area contributed by atoms with Gasteiger partial charge in [0.05, 0.1) is 19.3 Å². The Morgan fingerprint density at radius 3 is 2.33 bits per heavy atom. The summed E-state index contributed by atoms with van der Waals surface area (Å²) in [5.74, 6) is -0.346. The molecule has 0 fully saturated rings. The molecule has 0 saturated heterocycles. The van der Waals surface area contributed by atoms with Crippen LogP contribution in [-0.2, 0) is 35.7 Å². The highest BCUT2D eigenvalue weighted by molar-refractivity contribution is 7.86. The minimum Gasteiger partial charge on any atom is -0.466 e. The Morgan fingerprint density at radius 1 is 1.11 bits per heavy atom. The molecular formula is C18H27NO7S. The first-order valence-corrected chi connectivity index (χ1v) is 10.5. The van der Waals surface area contributed by atoms with E-state index in [9.17, 15) is 18.0 Å². The highest BCUT2D eigenvalue weighted by atomic mass is 32.2. The number of esters is 1. The molecule has 0 unspecified atom stereocenters. The van der Waals surface area contributed by atoms with Crippen LogP contribution in [0.5, 0.6) is 5.75 Å². The van der Waals surface area contributed by atoms with E-state index >= 15 is 0 Å². The lowest BCUT2D eigenvalue weighted by Crippen LogP contribution is -2.32. The monoisotopic (exact) mass is 401 g/mol. The predicted molar refractivity (Wildman–Crippen MR) is 99.7 cm³/mol. The van der Waals surface area contributed by atoms with Crippen molar-refractivity contribution in [1.82, 2.24) is 4.90 Å². The second-order valence-electron chi connectivity index (χ2n) is 5.90. The normalized spacial score (nSPS) is 11.1. The van der Waals surface area contributed by atoms with Crippen LogP contribution in [0.2, 0.25) is 0 Å². The topological polar surface area (TPSA) is 99.2 Å². The van der Waals surface area contributed by atoms with E-state index in [1.165, 1.54) is 12.1 Å². The van der Waals surface area contributed by atoms with Crippen molar-refractivity contribution < 1.29 is 31.7 Å². The maximum Gasteiger partial charge on any atom is 0.306 e.